The minimum absolute atomic E-state index is 0.0961. The number of aryl methyl sites for hydroxylation is 1. The smallest absolute Gasteiger partial charge is 0.420 e. The highest BCUT2D eigenvalue weighted by molar-refractivity contribution is 5.91. The normalized spacial score (nSPS) is 10.9. The molecule has 5 nitrogen and oxygen atoms in total. The highest BCUT2D eigenvalue weighted by atomic mass is 16.4. The number of fused-ring (bicyclic) bond motifs is 1. The number of carbonyl (C=O) groups is 1. The quantitative estimate of drug-likeness (QED) is 0.802. The Kier molecular flexibility index (Phi) is 3.10. The standard InChI is InChI=1S/C16H13NO4/c1-10-2-4-11(5-3-10)9-17-13-7-6-12(15(18)19)8-14(13)21-16(17)20/h2-8H,9H2,1H3,(H,18,19). The Labute approximate surface area is 120 Å². The Balaban J connectivity index is 2.06. The third-order valence-corrected chi connectivity index (χ3v) is 3.38. The number of nitrogens with zero attached hydrogens (tertiary/aromatic N) is 1. The van der Waals surface area contributed by atoms with Crippen molar-refractivity contribution < 1.29 is 14.3 Å². The van der Waals surface area contributed by atoms with Crippen LogP contribution in [0.4, 0.5) is 0 Å². The van der Waals surface area contributed by atoms with Crippen LogP contribution in [0.15, 0.2) is 51.7 Å². The largest absolute Gasteiger partial charge is 0.478 e. The minimum Gasteiger partial charge on any atom is -0.478 e. The van der Waals surface area contributed by atoms with Crippen LogP contribution in [0, 0.1) is 6.92 Å². The van der Waals surface area contributed by atoms with Gasteiger partial charge in [-0.05, 0) is 30.7 Å². The first kappa shape index (κ1) is 13.2. The van der Waals surface area contributed by atoms with Crippen LogP contribution in [0.3, 0.4) is 0 Å². The molecular formula is C16H13NO4. The van der Waals surface area contributed by atoms with Gasteiger partial charge >= 0.3 is 11.7 Å². The van der Waals surface area contributed by atoms with E-state index in [2.05, 4.69) is 0 Å². The molecule has 2 aromatic carbocycles. The summed E-state index contributed by atoms with van der Waals surface area (Å²) in [6.45, 7) is 2.38. The van der Waals surface area contributed by atoms with Gasteiger partial charge in [-0.3, -0.25) is 4.57 Å². The molecule has 0 aliphatic heterocycles. The summed E-state index contributed by atoms with van der Waals surface area (Å²) in [6, 6.07) is 12.3. The van der Waals surface area contributed by atoms with Crippen molar-refractivity contribution in [3.8, 4) is 0 Å². The average molecular weight is 283 g/mol. The second-order valence-corrected chi connectivity index (χ2v) is 4.93. The number of oxazole rings is 1. The maximum absolute atomic E-state index is 11.9. The Morgan fingerprint density at radius 3 is 2.57 bits per heavy atom. The topological polar surface area (TPSA) is 72.4 Å². The number of hydrogen-bond donors (Lipinski definition) is 1. The number of hydrogen-bond acceptors (Lipinski definition) is 3. The van der Waals surface area contributed by atoms with E-state index in [0.29, 0.717) is 12.1 Å². The van der Waals surface area contributed by atoms with Crippen molar-refractivity contribution in [1.29, 1.82) is 0 Å². The molecule has 0 radical (unpaired) electrons. The van der Waals surface area contributed by atoms with Crippen molar-refractivity contribution in [3.63, 3.8) is 0 Å². The minimum atomic E-state index is -1.05. The zero-order valence-electron chi connectivity index (χ0n) is 11.4. The lowest BCUT2D eigenvalue weighted by Crippen LogP contribution is -2.14. The first-order chi connectivity index (χ1) is 10.0. The third-order valence-electron chi connectivity index (χ3n) is 3.38. The van der Waals surface area contributed by atoms with Gasteiger partial charge in [0, 0.05) is 0 Å². The number of carboxylic acid groups (broad SMARTS) is 1. The van der Waals surface area contributed by atoms with E-state index in [1.54, 1.807) is 6.07 Å². The molecule has 0 saturated carbocycles. The van der Waals surface area contributed by atoms with E-state index < -0.39 is 11.7 Å². The van der Waals surface area contributed by atoms with Crippen LogP contribution in [0.25, 0.3) is 11.1 Å². The van der Waals surface area contributed by atoms with Gasteiger partial charge in [-0.15, -0.1) is 0 Å². The molecule has 5 heteroatoms. The zero-order chi connectivity index (χ0) is 15.0. The number of rotatable bonds is 3. The van der Waals surface area contributed by atoms with E-state index in [-0.39, 0.29) is 11.1 Å². The zero-order valence-corrected chi connectivity index (χ0v) is 11.4. The molecule has 0 amide bonds. The number of aromatic carboxylic acids is 1. The van der Waals surface area contributed by atoms with Crippen LogP contribution >= 0.6 is 0 Å². The average Bonchev–Trinajstić information content (AvgIpc) is 2.76. The first-order valence-electron chi connectivity index (χ1n) is 6.47. The van der Waals surface area contributed by atoms with Crippen LogP contribution < -0.4 is 5.76 Å². The summed E-state index contributed by atoms with van der Waals surface area (Å²) in [5, 5.41) is 8.95. The Hall–Kier alpha value is -2.82. The fourth-order valence-electron chi connectivity index (χ4n) is 2.23. The van der Waals surface area contributed by atoms with Crippen LogP contribution in [-0.2, 0) is 6.54 Å². The number of carboxylic acids is 1. The summed E-state index contributed by atoms with van der Waals surface area (Å²) >= 11 is 0. The molecule has 0 aliphatic rings. The molecule has 0 unspecified atom stereocenters. The Morgan fingerprint density at radius 2 is 1.90 bits per heavy atom. The summed E-state index contributed by atoms with van der Waals surface area (Å²) in [5.41, 5.74) is 3.10. The second-order valence-electron chi connectivity index (χ2n) is 4.93. The first-order valence-corrected chi connectivity index (χ1v) is 6.47. The van der Waals surface area contributed by atoms with Gasteiger partial charge in [0.25, 0.3) is 0 Å². The van der Waals surface area contributed by atoms with Crippen molar-refractivity contribution in [2.45, 2.75) is 13.5 Å². The van der Waals surface area contributed by atoms with Gasteiger partial charge in [0.05, 0.1) is 17.6 Å². The number of aromatic nitrogens is 1. The molecule has 1 N–H and O–H groups in total. The van der Waals surface area contributed by atoms with Crippen LogP contribution in [0.2, 0.25) is 0 Å². The third kappa shape index (κ3) is 2.45. The van der Waals surface area contributed by atoms with E-state index in [1.165, 1.54) is 16.7 Å². The van der Waals surface area contributed by atoms with Crippen molar-refractivity contribution in [2.75, 3.05) is 0 Å². The fraction of sp³-hybridized carbons (Fsp3) is 0.125. The molecule has 3 rings (SSSR count). The molecule has 1 aromatic heterocycles. The van der Waals surface area contributed by atoms with Gasteiger partial charge in [0.2, 0.25) is 0 Å². The fourth-order valence-corrected chi connectivity index (χ4v) is 2.23. The van der Waals surface area contributed by atoms with Gasteiger partial charge in [-0.2, -0.15) is 0 Å². The molecule has 0 saturated heterocycles. The summed E-state index contributed by atoms with van der Waals surface area (Å²) < 4.78 is 6.62. The van der Waals surface area contributed by atoms with Crippen molar-refractivity contribution in [1.82, 2.24) is 4.57 Å². The van der Waals surface area contributed by atoms with Gasteiger partial charge in [0.1, 0.15) is 0 Å². The van der Waals surface area contributed by atoms with Crippen LogP contribution in [0.1, 0.15) is 21.5 Å². The van der Waals surface area contributed by atoms with Crippen molar-refractivity contribution in [3.05, 3.63) is 69.7 Å². The maximum atomic E-state index is 11.9. The van der Waals surface area contributed by atoms with Crippen molar-refractivity contribution >= 4 is 17.1 Å². The molecule has 0 bridgehead atoms. The highest BCUT2D eigenvalue weighted by Gasteiger charge is 2.12. The predicted octanol–water partition coefficient (Wildman–Crippen LogP) is 2.65. The molecule has 1 heterocycles. The van der Waals surface area contributed by atoms with E-state index in [0.717, 1.165) is 11.1 Å². The SMILES string of the molecule is Cc1ccc(Cn2c(=O)oc3cc(C(=O)O)ccc32)cc1. The highest BCUT2D eigenvalue weighted by Crippen LogP contribution is 2.16. The van der Waals surface area contributed by atoms with Gasteiger partial charge in [-0.25, -0.2) is 9.59 Å². The maximum Gasteiger partial charge on any atom is 0.420 e. The molecule has 21 heavy (non-hydrogen) atoms. The molecule has 106 valence electrons. The summed E-state index contributed by atoms with van der Waals surface area (Å²) in [5.74, 6) is -1.54. The van der Waals surface area contributed by atoms with Gasteiger partial charge in [0.15, 0.2) is 5.58 Å². The van der Waals surface area contributed by atoms with E-state index in [1.807, 2.05) is 31.2 Å². The lowest BCUT2D eigenvalue weighted by molar-refractivity contribution is 0.0697. The Morgan fingerprint density at radius 1 is 1.19 bits per heavy atom. The Bertz CT molecular complexity index is 871. The lowest BCUT2D eigenvalue weighted by atomic mass is 10.1. The molecule has 0 aliphatic carbocycles. The second kappa shape index (κ2) is 4.94. The van der Waals surface area contributed by atoms with Gasteiger partial charge < -0.3 is 9.52 Å². The van der Waals surface area contributed by atoms with E-state index in [9.17, 15) is 9.59 Å². The van der Waals surface area contributed by atoms with E-state index in [4.69, 9.17) is 9.52 Å². The lowest BCUT2D eigenvalue weighted by Gasteiger charge is -2.03. The summed E-state index contributed by atoms with van der Waals surface area (Å²) in [6.07, 6.45) is 0. The van der Waals surface area contributed by atoms with Crippen LogP contribution in [0.5, 0.6) is 0 Å². The monoisotopic (exact) mass is 283 g/mol. The predicted molar refractivity (Wildman–Crippen MR) is 77.7 cm³/mol. The van der Waals surface area contributed by atoms with Gasteiger partial charge in [-0.1, -0.05) is 29.8 Å². The van der Waals surface area contributed by atoms with E-state index >= 15 is 0 Å². The molecule has 0 atom stereocenters. The number of benzene rings is 2. The summed E-state index contributed by atoms with van der Waals surface area (Å²) in [7, 11) is 0. The van der Waals surface area contributed by atoms with Crippen LogP contribution in [-0.4, -0.2) is 15.6 Å². The molecular weight excluding hydrogens is 270 g/mol. The summed E-state index contributed by atoms with van der Waals surface area (Å²) in [4.78, 5) is 22.9. The molecule has 0 spiro atoms. The molecule has 0 fully saturated rings. The van der Waals surface area contributed by atoms with Crippen molar-refractivity contribution in [2.24, 2.45) is 0 Å². The molecule has 3 aromatic rings.